The van der Waals surface area contributed by atoms with Crippen LogP contribution in [-0.4, -0.2) is 23.2 Å². The first-order valence-electron chi connectivity index (χ1n) is 7.07. The third-order valence-corrected chi connectivity index (χ3v) is 3.48. The lowest BCUT2D eigenvalue weighted by Crippen LogP contribution is -2.27. The number of carbonyl (C=O) groups excluding carboxylic acids is 1. The summed E-state index contributed by atoms with van der Waals surface area (Å²) in [4.78, 5) is 12.0. The Morgan fingerprint density at radius 2 is 1.94 bits per heavy atom. The van der Waals surface area contributed by atoms with Gasteiger partial charge in [-0.3, -0.25) is 4.79 Å². The van der Waals surface area contributed by atoms with Crippen molar-refractivity contribution in [2.45, 2.75) is 45.4 Å². The van der Waals surface area contributed by atoms with E-state index in [2.05, 4.69) is 12.0 Å². The summed E-state index contributed by atoms with van der Waals surface area (Å²) in [6, 6.07) is 0. The minimum absolute atomic E-state index is 0.116. The fourth-order valence-electron chi connectivity index (χ4n) is 2.39. The zero-order valence-electron chi connectivity index (χ0n) is 11.1. The Hall–Kier alpha value is -1.38. The number of rotatable bonds is 7. The second-order valence-electron chi connectivity index (χ2n) is 4.98. The normalized spacial score (nSPS) is 21.4. The highest BCUT2D eigenvalue weighted by atomic mass is 16.2. The Morgan fingerprint density at radius 3 is 2.72 bits per heavy atom. The highest BCUT2D eigenvalue weighted by molar-refractivity contribution is 6.15. The third kappa shape index (κ3) is 3.09. The predicted octanol–water partition coefficient (Wildman–Crippen LogP) is 3.29. The number of hydrogen-bond acceptors (Lipinski definition) is 2. The molecule has 3 heteroatoms. The number of carbonyl (C=O) groups is 1. The van der Waals surface area contributed by atoms with Crippen LogP contribution in [-0.2, 0) is 4.79 Å². The Balaban J connectivity index is 1.71. The Kier molecular flexibility index (Phi) is 4.73. The fourth-order valence-corrected chi connectivity index (χ4v) is 2.39. The molecule has 1 aliphatic heterocycles. The van der Waals surface area contributed by atoms with Gasteiger partial charge in [0.05, 0.1) is 5.71 Å². The van der Waals surface area contributed by atoms with Crippen molar-refractivity contribution < 1.29 is 4.79 Å². The van der Waals surface area contributed by atoms with Crippen molar-refractivity contribution in [2.24, 2.45) is 11.0 Å². The van der Waals surface area contributed by atoms with Gasteiger partial charge in [-0.1, -0.05) is 57.3 Å². The third-order valence-electron chi connectivity index (χ3n) is 3.48. The summed E-state index contributed by atoms with van der Waals surface area (Å²) in [7, 11) is 0. The van der Waals surface area contributed by atoms with Gasteiger partial charge in [0.15, 0.2) is 0 Å². The summed E-state index contributed by atoms with van der Waals surface area (Å²) in [6.07, 6.45) is 15.2. The SMILES string of the molecule is CCCCCCCCN1N=C2C=CC=CC2C1=O. The molecule has 1 amide bonds. The molecule has 0 bridgehead atoms. The van der Waals surface area contributed by atoms with Crippen molar-refractivity contribution in [1.29, 1.82) is 0 Å². The Bertz CT molecular complexity index is 382. The molecule has 2 aliphatic rings. The van der Waals surface area contributed by atoms with Crippen molar-refractivity contribution >= 4 is 11.6 Å². The molecule has 0 aromatic heterocycles. The molecule has 98 valence electrons. The number of hydrazone groups is 1. The van der Waals surface area contributed by atoms with Gasteiger partial charge in [-0.15, -0.1) is 0 Å². The fraction of sp³-hybridized carbons (Fsp3) is 0.600. The molecule has 0 spiro atoms. The molecule has 0 aromatic carbocycles. The molecule has 0 saturated carbocycles. The molecule has 0 saturated heterocycles. The number of unbranched alkanes of at least 4 members (excludes halogenated alkanes) is 5. The predicted molar refractivity (Wildman–Crippen MR) is 74.3 cm³/mol. The van der Waals surface area contributed by atoms with Gasteiger partial charge >= 0.3 is 0 Å². The lowest BCUT2D eigenvalue weighted by atomic mass is 9.99. The van der Waals surface area contributed by atoms with Crippen LogP contribution in [0.4, 0.5) is 0 Å². The van der Waals surface area contributed by atoms with Gasteiger partial charge in [0.25, 0.3) is 5.91 Å². The van der Waals surface area contributed by atoms with Crippen LogP contribution in [0, 0.1) is 5.92 Å². The Morgan fingerprint density at radius 1 is 1.17 bits per heavy atom. The van der Waals surface area contributed by atoms with Gasteiger partial charge in [-0.25, -0.2) is 5.01 Å². The summed E-state index contributed by atoms with van der Waals surface area (Å²) < 4.78 is 0. The van der Waals surface area contributed by atoms with Gasteiger partial charge in [0.2, 0.25) is 0 Å². The number of nitrogens with zero attached hydrogens (tertiary/aromatic N) is 2. The first-order chi connectivity index (χ1) is 8.83. The number of amides is 1. The molecule has 0 radical (unpaired) electrons. The largest absolute Gasteiger partial charge is 0.272 e. The van der Waals surface area contributed by atoms with Crippen LogP contribution in [0.1, 0.15) is 45.4 Å². The van der Waals surface area contributed by atoms with E-state index < -0.39 is 0 Å². The summed E-state index contributed by atoms with van der Waals surface area (Å²) >= 11 is 0. The maximum atomic E-state index is 12.0. The number of fused-ring (bicyclic) bond motifs is 1. The molecule has 1 atom stereocenters. The van der Waals surface area contributed by atoms with Gasteiger partial charge in [-0.05, 0) is 12.5 Å². The molecule has 3 nitrogen and oxygen atoms in total. The second-order valence-corrected chi connectivity index (χ2v) is 4.98. The van der Waals surface area contributed by atoms with Gasteiger partial charge in [0, 0.05) is 6.54 Å². The van der Waals surface area contributed by atoms with Crippen molar-refractivity contribution in [3.05, 3.63) is 24.3 Å². The summed E-state index contributed by atoms with van der Waals surface area (Å²) in [6.45, 7) is 2.99. The van der Waals surface area contributed by atoms with Gasteiger partial charge < -0.3 is 0 Å². The quantitative estimate of drug-likeness (QED) is 0.634. The van der Waals surface area contributed by atoms with Crippen LogP contribution in [0.5, 0.6) is 0 Å². The molecule has 2 rings (SSSR count). The van der Waals surface area contributed by atoms with E-state index in [1.165, 1.54) is 32.1 Å². The van der Waals surface area contributed by atoms with Gasteiger partial charge in [0.1, 0.15) is 5.92 Å². The molecule has 1 unspecified atom stereocenters. The molecular formula is C15H22N2O. The van der Waals surface area contributed by atoms with E-state index in [4.69, 9.17) is 0 Å². The van der Waals surface area contributed by atoms with E-state index in [1.807, 2.05) is 24.3 Å². The number of allylic oxidation sites excluding steroid dienone is 3. The van der Waals surface area contributed by atoms with Crippen molar-refractivity contribution in [3.8, 4) is 0 Å². The molecule has 1 heterocycles. The minimum Gasteiger partial charge on any atom is -0.272 e. The lowest BCUT2D eigenvalue weighted by molar-refractivity contribution is -0.130. The van der Waals surface area contributed by atoms with Crippen LogP contribution in [0.15, 0.2) is 29.4 Å². The Labute approximate surface area is 109 Å². The standard InChI is InChI=1S/C15H22N2O/c1-2-3-4-5-6-9-12-17-15(18)13-10-7-8-11-14(13)16-17/h7-8,10-11,13H,2-6,9,12H2,1H3. The molecule has 1 aliphatic carbocycles. The zero-order valence-corrected chi connectivity index (χ0v) is 11.1. The average molecular weight is 246 g/mol. The maximum absolute atomic E-state index is 12.0. The second kappa shape index (κ2) is 6.53. The van der Waals surface area contributed by atoms with E-state index in [9.17, 15) is 4.79 Å². The van der Waals surface area contributed by atoms with E-state index >= 15 is 0 Å². The van der Waals surface area contributed by atoms with Gasteiger partial charge in [-0.2, -0.15) is 5.10 Å². The highest BCUT2D eigenvalue weighted by Gasteiger charge is 2.32. The first kappa shape index (κ1) is 13.1. The maximum Gasteiger partial charge on any atom is 0.255 e. The molecule has 18 heavy (non-hydrogen) atoms. The average Bonchev–Trinajstić information content (AvgIpc) is 2.71. The zero-order chi connectivity index (χ0) is 12.8. The monoisotopic (exact) mass is 246 g/mol. The highest BCUT2D eigenvalue weighted by Crippen LogP contribution is 2.21. The van der Waals surface area contributed by atoms with E-state index in [1.54, 1.807) is 5.01 Å². The topological polar surface area (TPSA) is 32.7 Å². The minimum atomic E-state index is -0.116. The number of hydrogen-bond donors (Lipinski definition) is 0. The van der Waals surface area contributed by atoms with E-state index in [0.717, 1.165) is 18.7 Å². The van der Waals surface area contributed by atoms with Crippen LogP contribution >= 0.6 is 0 Å². The van der Waals surface area contributed by atoms with E-state index in [0.29, 0.717) is 0 Å². The van der Waals surface area contributed by atoms with Crippen molar-refractivity contribution in [3.63, 3.8) is 0 Å². The summed E-state index contributed by atoms with van der Waals surface area (Å²) in [5, 5.41) is 6.04. The summed E-state index contributed by atoms with van der Waals surface area (Å²) in [5.41, 5.74) is 0.897. The van der Waals surface area contributed by atoms with Crippen molar-refractivity contribution in [2.75, 3.05) is 6.54 Å². The molecule has 0 aromatic rings. The van der Waals surface area contributed by atoms with Crippen LogP contribution < -0.4 is 0 Å². The van der Waals surface area contributed by atoms with Crippen LogP contribution in [0.2, 0.25) is 0 Å². The van der Waals surface area contributed by atoms with Crippen molar-refractivity contribution in [1.82, 2.24) is 5.01 Å². The lowest BCUT2D eigenvalue weighted by Gasteiger charge is -2.12. The van der Waals surface area contributed by atoms with Crippen LogP contribution in [0.3, 0.4) is 0 Å². The smallest absolute Gasteiger partial charge is 0.255 e. The molecular weight excluding hydrogens is 224 g/mol. The first-order valence-corrected chi connectivity index (χ1v) is 7.07. The molecule has 0 N–H and O–H groups in total. The summed E-state index contributed by atoms with van der Waals surface area (Å²) in [5.74, 6) is 0.0225. The van der Waals surface area contributed by atoms with Crippen LogP contribution in [0.25, 0.3) is 0 Å². The van der Waals surface area contributed by atoms with E-state index in [-0.39, 0.29) is 11.8 Å². The molecule has 0 fully saturated rings.